The Morgan fingerprint density at radius 2 is 2.27 bits per heavy atom. The summed E-state index contributed by atoms with van der Waals surface area (Å²) in [5.74, 6) is -0.453. The van der Waals surface area contributed by atoms with Crippen LogP contribution in [0.15, 0.2) is 24.3 Å². The van der Waals surface area contributed by atoms with Gasteiger partial charge in [0.05, 0.1) is 0 Å². The van der Waals surface area contributed by atoms with E-state index >= 15 is 0 Å². The maximum Gasteiger partial charge on any atom is 0.274 e. The van der Waals surface area contributed by atoms with Crippen LogP contribution in [0, 0.1) is 0 Å². The molecular formula is C12H13NO2. The number of nitrogens with one attached hydrogen (secondary N) is 1. The second kappa shape index (κ2) is 4.28. The first-order valence-corrected chi connectivity index (χ1v) is 5.05. The van der Waals surface area contributed by atoms with E-state index in [1.165, 1.54) is 11.1 Å². The van der Waals surface area contributed by atoms with Gasteiger partial charge in [-0.15, -0.1) is 0 Å². The number of rotatable bonds is 1. The van der Waals surface area contributed by atoms with Gasteiger partial charge in [0.25, 0.3) is 5.91 Å². The van der Waals surface area contributed by atoms with E-state index in [1.54, 1.807) is 11.5 Å². The summed E-state index contributed by atoms with van der Waals surface area (Å²) in [4.78, 5) is 11.2. The van der Waals surface area contributed by atoms with E-state index in [9.17, 15) is 4.79 Å². The van der Waals surface area contributed by atoms with Gasteiger partial charge in [-0.05, 0) is 42.5 Å². The van der Waals surface area contributed by atoms with E-state index in [-0.39, 0.29) is 0 Å². The predicted octanol–water partition coefficient (Wildman–Crippen LogP) is 2.16. The number of hydrogen-bond donors (Lipinski definition) is 2. The van der Waals surface area contributed by atoms with Crippen molar-refractivity contribution in [3.05, 3.63) is 41.0 Å². The summed E-state index contributed by atoms with van der Waals surface area (Å²) in [5.41, 5.74) is 4.49. The molecular weight excluding hydrogens is 190 g/mol. The van der Waals surface area contributed by atoms with Crippen LogP contribution in [0.4, 0.5) is 0 Å². The van der Waals surface area contributed by atoms with Crippen LogP contribution in [0.1, 0.15) is 34.3 Å². The van der Waals surface area contributed by atoms with E-state index in [2.05, 4.69) is 12.2 Å². The Balaban J connectivity index is 2.37. The van der Waals surface area contributed by atoms with Crippen molar-refractivity contribution in [3.63, 3.8) is 0 Å². The molecule has 2 N–H and O–H groups in total. The van der Waals surface area contributed by atoms with Crippen LogP contribution < -0.4 is 5.48 Å². The molecule has 0 spiro atoms. The number of hydrogen-bond acceptors (Lipinski definition) is 2. The highest BCUT2D eigenvalue weighted by Gasteiger charge is 2.08. The molecule has 3 heteroatoms. The quantitative estimate of drug-likeness (QED) is 0.542. The molecule has 0 radical (unpaired) electrons. The van der Waals surface area contributed by atoms with Gasteiger partial charge in [-0.2, -0.15) is 0 Å². The Labute approximate surface area is 88.4 Å². The zero-order chi connectivity index (χ0) is 10.7. The fraction of sp³-hybridized carbons (Fsp3) is 0.250. The highest BCUT2D eigenvalue weighted by Crippen LogP contribution is 2.20. The SMILES string of the molecule is O=C(NO)c1ccc2c(c1)CCCC=C2. The molecule has 0 saturated heterocycles. The molecule has 0 heterocycles. The largest absolute Gasteiger partial charge is 0.288 e. The van der Waals surface area contributed by atoms with Crippen molar-refractivity contribution >= 4 is 12.0 Å². The van der Waals surface area contributed by atoms with Gasteiger partial charge in [-0.1, -0.05) is 18.2 Å². The Kier molecular flexibility index (Phi) is 2.83. The van der Waals surface area contributed by atoms with Crippen LogP contribution in [-0.4, -0.2) is 11.1 Å². The molecule has 0 unspecified atom stereocenters. The van der Waals surface area contributed by atoms with Crippen molar-refractivity contribution < 1.29 is 10.0 Å². The predicted molar refractivity (Wildman–Crippen MR) is 57.7 cm³/mol. The molecule has 1 aliphatic carbocycles. The molecule has 1 aliphatic rings. The third kappa shape index (κ3) is 2.07. The molecule has 0 saturated carbocycles. The molecule has 3 nitrogen and oxygen atoms in total. The summed E-state index contributed by atoms with van der Waals surface area (Å²) in [7, 11) is 0. The molecule has 0 bridgehead atoms. The van der Waals surface area contributed by atoms with Gasteiger partial charge in [-0.3, -0.25) is 10.0 Å². The van der Waals surface area contributed by atoms with Gasteiger partial charge in [0.1, 0.15) is 0 Å². The summed E-state index contributed by atoms with van der Waals surface area (Å²) in [6.45, 7) is 0. The van der Waals surface area contributed by atoms with E-state index in [0.29, 0.717) is 5.56 Å². The minimum Gasteiger partial charge on any atom is -0.288 e. The molecule has 0 fully saturated rings. The fourth-order valence-electron chi connectivity index (χ4n) is 1.81. The lowest BCUT2D eigenvalue weighted by molar-refractivity contribution is 0.0706. The van der Waals surface area contributed by atoms with Crippen LogP contribution in [0.5, 0.6) is 0 Å². The Morgan fingerprint density at radius 1 is 1.40 bits per heavy atom. The van der Waals surface area contributed by atoms with Crippen LogP contribution in [-0.2, 0) is 6.42 Å². The third-order valence-electron chi connectivity index (χ3n) is 2.62. The normalized spacial score (nSPS) is 14.2. The monoisotopic (exact) mass is 203 g/mol. The Bertz CT molecular complexity index is 410. The molecule has 0 aromatic heterocycles. The van der Waals surface area contributed by atoms with Crippen LogP contribution >= 0.6 is 0 Å². The number of aryl methyl sites for hydroxylation is 1. The first-order chi connectivity index (χ1) is 7.31. The van der Waals surface area contributed by atoms with Crippen LogP contribution in [0.2, 0.25) is 0 Å². The maximum atomic E-state index is 11.2. The smallest absolute Gasteiger partial charge is 0.274 e. The second-order valence-electron chi connectivity index (χ2n) is 3.65. The molecule has 1 aromatic rings. The van der Waals surface area contributed by atoms with Gasteiger partial charge in [0.2, 0.25) is 0 Å². The highest BCUT2D eigenvalue weighted by atomic mass is 16.5. The molecule has 2 rings (SSSR count). The average molecular weight is 203 g/mol. The molecule has 1 amide bonds. The van der Waals surface area contributed by atoms with Crippen molar-refractivity contribution in [1.82, 2.24) is 5.48 Å². The van der Waals surface area contributed by atoms with E-state index in [0.717, 1.165) is 19.3 Å². The number of hydroxylamine groups is 1. The van der Waals surface area contributed by atoms with Gasteiger partial charge >= 0.3 is 0 Å². The summed E-state index contributed by atoms with van der Waals surface area (Å²) in [6.07, 6.45) is 7.40. The van der Waals surface area contributed by atoms with Gasteiger partial charge in [0.15, 0.2) is 0 Å². The minimum absolute atomic E-state index is 0.453. The maximum absolute atomic E-state index is 11.2. The molecule has 78 valence electrons. The first-order valence-electron chi connectivity index (χ1n) is 5.05. The third-order valence-corrected chi connectivity index (χ3v) is 2.62. The standard InChI is InChI=1S/C12H13NO2/c14-12(13-15)11-7-6-9-4-2-1-3-5-10(9)8-11/h2,4,6-8,15H,1,3,5H2,(H,13,14). The molecule has 1 aromatic carbocycles. The number of carbonyl (C=O) groups is 1. The van der Waals surface area contributed by atoms with Gasteiger partial charge in [0, 0.05) is 5.56 Å². The van der Waals surface area contributed by atoms with Crippen LogP contribution in [0.3, 0.4) is 0 Å². The van der Waals surface area contributed by atoms with Crippen molar-refractivity contribution in [2.45, 2.75) is 19.3 Å². The van der Waals surface area contributed by atoms with E-state index in [4.69, 9.17) is 5.21 Å². The number of benzene rings is 1. The van der Waals surface area contributed by atoms with Crippen LogP contribution in [0.25, 0.3) is 6.08 Å². The molecule has 0 atom stereocenters. The second-order valence-corrected chi connectivity index (χ2v) is 3.65. The fourth-order valence-corrected chi connectivity index (χ4v) is 1.81. The number of carbonyl (C=O) groups excluding carboxylic acids is 1. The summed E-state index contributed by atoms with van der Waals surface area (Å²) in [6, 6.07) is 5.48. The Hall–Kier alpha value is -1.61. The lowest BCUT2D eigenvalue weighted by atomic mass is 10.0. The molecule has 0 aliphatic heterocycles. The lowest BCUT2D eigenvalue weighted by Gasteiger charge is -2.06. The van der Waals surface area contributed by atoms with Gasteiger partial charge < -0.3 is 0 Å². The summed E-state index contributed by atoms with van der Waals surface area (Å²) in [5, 5.41) is 8.53. The number of allylic oxidation sites excluding steroid dienone is 1. The number of amides is 1. The Morgan fingerprint density at radius 3 is 3.07 bits per heavy atom. The summed E-state index contributed by atoms with van der Waals surface area (Å²) >= 11 is 0. The topological polar surface area (TPSA) is 49.3 Å². The van der Waals surface area contributed by atoms with Crippen molar-refractivity contribution in [2.24, 2.45) is 0 Å². The molecule has 15 heavy (non-hydrogen) atoms. The summed E-state index contributed by atoms with van der Waals surface area (Å²) < 4.78 is 0. The number of fused-ring (bicyclic) bond motifs is 1. The van der Waals surface area contributed by atoms with E-state index < -0.39 is 5.91 Å². The average Bonchev–Trinajstić information content (AvgIpc) is 2.51. The zero-order valence-electron chi connectivity index (χ0n) is 8.36. The highest BCUT2D eigenvalue weighted by molar-refractivity contribution is 5.93. The van der Waals surface area contributed by atoms with Crippen molar-refractivity contribution in [1.29, 1.82) is 0 Å². The lowest BCUT2D eigenvalue weighted by Crippen LogP contribution is -2.18. The zero-order valence-corrected chi connectivity index (χ0v) is 8.36. The first kappa shape index (κ1) is 9.93. The van der Waals surface area contributed by atoms with Gasteiger partial charge in [-0.25, -0.2) is 5.48 Å². The van der Waals surface area contributed by atoms with E-state index in [1.807, 2.05) is 12.1 Å². The van der Waals surface area contributed by atoms with Crippen molar-refractivity contribution in [2.75, 3.05) is 0 Å². The minimum atomic E-state index is -0.453. The van der Waals surface area contributed by atoms with Crippen molar-refractivity contribution in [3.8, 4) is 0 Å².